The van der Waals surface area contributed by atoms with Crippen molar-refractivity contribution in [2.24, 2.45) is 16.5 Å². The SMILES string of the molecule is NC(N)=NC(=O)c1ccc2ccnc(-c3c(F)cc(F)cc3F)c2c1. The van der Waals surface area contributed by atoms with Gasteiger partial charge in [0.2, 0.25) is 0 Å². The molecule has 4 N–H and O–H groups in total. The van der Waals surface area contributed by atoms with Gasteiger partial charge < -0.3 is 11.5 Å². The molecule has 1 amide bonds. The number of halogens is 3. The number of benzene rings is 2. The molecule has 0 fully saturated rings. The number of hydrogen-bond donors (Lipinski definition) is 2. The highest BCUT2D eigenvalue weighted by Crippen LogP contribution is 2.31. The van der Waals surface area contributed by atoms with Gasteiger partial charge in [0.05, 0.1) is 11.3 Å². The lowest BCUT2D eigenvalue weighted by molar-refractivity contribution is 0.100. The van der Waals surface area contributed by atoms with Crippen LogP contribution in [0, 0.1) is 17.5 Å². The molecule has 0 saturated carbocycles. The van der Waals surface area contributed by atoms with E-state index < -0.39 is 34.9 Å². The molecule has 0 unspecified atom stereocenters. The first-order valence-corrected chi connectivity index (χ1v) is 7.04. The smallest absolute Gasteiger partial charge is 0.280 e. The number of amides is 1. The third-order valence-electron chi connectivity index (χ3n) is 3.49. The van der Waals surface area contributed by atoms with E-state index in [1.54, 1.807) is 12.1 Å². The van der Waals surface area contributed by atoms with E-state index in [1.807, 2.05) is 0 Å². The Bertz CT molecular complexity index is 1010. The molecule has 0 radical (unpaired) electrons. The molecule has 2 aromatic carbocycles. The van der Waals surface area contributed by atoms with E-state index in [1.165, 1.54) is 18.3 Å². The van der Waals surface area contributed by atoms with Crippen molar-refractivity contribution in [3.8, 4) is 11.3 Å². The number of rotatable bonds is 2. The van der Waals surface area contributed by atoms with Crippen LogP contribution in [0.1, 0.15) is 10.4 Å². The number of fused-ring (bicyclic) bond motifs is 1. The summed E-state index contributed by atoms with van der Waals surface area (Å²) in [5, 5.41) is 0.873. The second kappa shape index (κ2) is 6.23. The maximum absolute atomic E-state index is 14.1. The zero-order valence-corrected chi connectivity index (χ0v) is 12.6. The lowest BCUT2D eigenvalue weighted by atomic mass is 10.0. The van der Waals surface area contributed by atoms with Crippen molar-refractivity contribution < 1.29 is 18.0 Å². The van der Waals surface area contributed by atoms with Gasteiger partial charge in [-0.3, -0.25) is 9.78 Å². The van der Waals surface area contributed by atoms with Crippen LogP contribution in [0.5, 0.6) is 0 Å². The largest absolute Gasteiger partial charge is 0.370 e. The van der Waals surface area contributed by atoms with Crippen LogP contribution in [0.2, 0.25) is 0 Å². The highest BCUT2D eigenvalue weighted by molar-refractivity contribution is 6.06. The maximum atomic E-state index is 14.1. The standard InChI is InChI=1S/C17H11F3N4O/c18-10-6-12(19)14(13(20)7-10)15-11-5-9(16(25)24-17(21)22)2-1-8(11)3-4-23-15/h1-7H,(H4,21,22,24,25). The third-order valence-corrected chi connectivity index (χ3v) is 3.49. The van der Waals surface area contributed by atoms with Crippen molar-refractivity contribution in [2.45, 2.75) is 0 Å². The van der Waals surface area contributed by atoms with Gasteiger partial charge in [0.25, 0.3) is 5.91 Å². The molecule has 0 saturated heterocycles. The topological polar surface area (TPSA) is 94.4 Å². The van der Waals surface area contributed by atoms with Crippen molar-refractivity contribution in [2.75, 3.05) is 0 Å². The van der Waals surface area contributed by atoms with Crippen LogP contribution >= 0.6 is 0 Å². The summed E-state index contributed by atoms with van der Waals surface area (Å²) in [5.41, 5.74) is 9.91. The summed E-state index contributed by atoms with van der Waals surface area (Å²) in [4.78, 5) is 19.4. The fourth-order valence-corrected chi connectivity index (χ4v) is 2.45. The summed E-state index contributed by atoms with van der Waals surface area (Å²) >= 11 is 0. The number of carbonyl (C=O) groups excluding carboxylic acids is 1. The van der Waals surface area contributed by atoms with Crippen LogP contribution in [-0.2, 0) is 0 Å². The van der Waals surface area contributed by atoms with Gasteiger partial charge in [-0.25, -0.2) is 13.2 Å². The van der Waals surface area contributed by atoms with Gasteiger partial charge in [-0.15, -0.1) is 0 Å². The second-order valence-electron chi connectivity index (χ2n) is 5.18. The zero-order chi connectivity index (χ0) is 18.1. The van der Waals surface area contributed by atoms with Crippen molar-refractivity contribution in [1.29, 1.82) is 0 Å². The quantitative estimate of drug-likeness (QED) is 0.552. The van der Waals surface area contributed by atoms with Crippen molar-refractivity contribution in [3.05, 3.63) is 65.6 Å². The average molecular weight is 344 g/mol. The minimum absolute atomic E-state index is 0.0631. The van der Waals surface area contributed by atoms with Crippen LogP contribution in [0.4, 0.5) is 13.2 Å². The molecule has 0 spiro atoms. The number of hydrogen-bond acceptors (Lipinski definition) is 2. The molecular formula is C17H11F3N4O. The first-order chi connectivity index (χ1) is 11.9. The highest BCUT2D eigenvalue weighted by Gasteiger charge is 2.18. The molecule has 0 bridgehead atoms. The highest BCUT2D eigenvalue weighted by atomic mass is 19.1. The summed E-state index contributed by atoms with van der Waals surface area (Å²) in [6, 6.07) is 7.13. The van der Waals surface area contributed by atoms with Crippen molar-refractivity contribution >= 4 is 22.6 Å². The average Bonchev–Trinajstić information content (AvgIpc) is 2.53. The molecule has 126 valence electrons. The molecule has 0 atom stereocenters. The van der Waals surface area contributed by atoms with E-state index in [4.69, 9.17) is 11.5 Å². The molecule has 0 aliphatic heterocycles. The van der Waals surface area contributed by atoms with Crippen LogP contribution in [0.15, 0.2) is 47.6 Å². The molecule has 1 heterocycles. The predicted octanol–water partition coefficient (Wildman–Crippen LogP) is 2.73. The molecule has 0 aliphatic carbocycles. The molecule has 3 rings (SSSR count). The van der Waals surface area contributed by atoms with E-state index >= 15 is 0 Å². The van der Waals surface area contributed by atoms with E-state index in [0.717, 1.165) is 0 Å². The molecule has 1 aromatic heterocycles. The number of aliphatic imine (C=N–C) groups is 1. The van der Waals surface area contributed by atoms with Crippen LogP contribution in [0.3, 0.4) is 0 Å². The van der Waals surface area contributed by atoms with E-state index in [0.29, 0.717) is 22.9 Å². The first kappa shape index (κ1) is 16.4. The van der Waals surface area contributed by atoms with Gasteiger partial charge >= 0.3 is 0 Å². The Morgan fingerprint density at radius 1 is 1.00 bits per heavy atom. The third kappa shape index (κ3) is 3.14. The maximum Gasteiger partial charge on any atom is 0.280 e. The van der Waals surface area contributed by atoms with E-state index in [-0.39, 0.29) is 11.3 Å². The number of nitrogens with zero attached hydrogens (tertiary/aromatic N) is 2. The van der Waals surface area contributed by atoms with Crippen LogP contribution in [0.25, 0.3) is 22.0 Å². The molecule has 0 aliphatic rings. The number of guanidine groups is 1. The monoisotopic (exact) mass is 344 g/mol. The fraction of sp³-hybridized carbons (Fsp3) is 0. The molecule has 5 nitrogen and oxygen atoms in total. The van der Waals surface area contributed by atoms with Gasteiger partial charge in [-0.1, -0.05) is 6.07 Å². The first-order valence-electron chi connectivity index (χ1n) is 7.04. The number of nitrogens with two attached hydrogens (primary N) is 2. The predicted molar refractivity (Wildman–Crippen MR) is 87.2 cm³/mol. The van der Waals surface area contributed by atoms with Crippen molar-refractivity contribution in [1.82, 2.24) is 4.98 Å². The van der Waals surface area contributed by atoms with Gasteiger partial charge in [0.1, 0.15) is 17.5 Å². The Morgan fingerprint density at radius 2 is 1.68 bits per heavy atom. The Balaban J connectivity index is 2.27. The van der Waals surface area contributed by atoms with Gasteiger partial charge in [-0.2, -0.15) is 4.99 Å². The Kier molecular flexibility index (Phi) is 4.10. The van der Waals surface area contributed by atoms with E-state index in [2.05, 4.69) is 9.98 Å². The summed E-state index contributed by atoms with van der Waals surface area (Å²) in [6.45, 7) is 0. The lowest BCUT2D eigenvalue weighted by Crippen LogP contribution is -2.24. The van der Waals surface area contributed by atoms with Crippen LogP contribution in [-0.4, -0.2) is 16.9 Å². The summed E-state index contributed by atoms with van der Waals surface area (Å²) in [6.07, 6.45) is 1.36. The van der Waals surface area contributed by atoms with Gasteiger partial charge in [-0.05, 0) is 23.6 Å². The van der Waals surface area contributed by atoms with Gasteiger partial charge in [0, 0.05) is 29.3 Å². The lowest BCUT2D eigenvalue weighted by Gasteiger charge is -2.09. The Labute approximate surface area is 139 Å². The zero-order valence-electron chi connectivity index (χ0n) is 12.6. The Morgan fingerprint density at radius 3 is 2.32 bits per heavy atom. The van der Waals surface area contributed by atoms with Gasteiger partial charge in [0.15, 0.2) is 5.96 Å². The normalized spacial score (nSPS) is 10.7. The minimum atomic E-state index is -1.10. The Hall–Kier alpha value is -3.42. The van der Waals surface area contributed by atoms with E-state index in [9.17, 15) is 18.0 Å². The number of carbonyl (C=O) groups is 1. The fourth-order valence-electron chi connectivity index (χ4n) is 2.45. The summed E-state index contributed by atoms with van der Waals surface area (Å²) < 4.78 is 41.4. The molecule has 3 aromatic rings. The summed E-state index contributed by atoms with van der Waals surface area (Å²) in [7, 11) is 0. The molecule has 8 heteroatoms. The number of pyridine rings is 1. The number of aromatic nitrogens is 1. The minimum Gasteiger partial charge on any atom is -0.370 e. The van der Waals surface area contributed by atoms with Crippen molar-refractivity contribution in [3.63, 3.8) is 0 Å². The summed E-state index contributed by atoms with van der Waals surface area (Å²) in [5.74, 6) is -4.36. The van der Waals surface area contributed by atoms with Crippen LogP contribution < -0.4 is 11.5 Å². The molecule has 25 heavy (non-hydrogen) atoms. The molecular weight excluding hydrogens is 333 g/mol. The second-order valence-corrected chi connectivity index (χ2v) is 5.18.